The van der Waals surface area contributed by atoms with Crippen LogP contribution in [-0.2, 0) is 11.3 Å². The lowest BCUT2D eigenvalue weighted by molar-refractivity contribution is -0.124. The van der Waals surface area contributed by atoms with Gasteiger partial charge in [0.05, 0.1) is 18.4 Å². The van der Waals surface area contributed by atoms with Gasteiger partial charge in [-0.25, -0.2) is 4.68 Å². The van der Waals surface area contributed by atoms with E-state index in [4.69, 9.17) is 9.15 Å². The van der Waals surface area contributed by atoms with Gasteiger partial charge in [-0.2, -0.15) is 5.10 Å². The zero-order chi connectivity index (χ0) is 20.5. The highest BCUT2D eigenvalue weighted by Crippen LogP contribution is 2.20. The highest BCUT2D eigenvalue weighted by Gasteiger charge is 2.21. The van der Waals surface area contributed by atoms with Crippen LogP contribution in [0.2, 0.25) is 0 Å². The molecule has 3 aromatic heterocycles. The predicted molar refractivity (Wildman–Crippen MR) is 108 cm³/mol. The molecule has 4 aromatic rings. The van der Waals surface area contributed by atoms with E-state index in [2.05, 4.69) is 10.4 Å². The molecule has 3 heterocycles. The van der Waals surface area contributed by atoms with Gasteiger partial charge in [0.25, 0.3) is 5.56 Å². The summed E-state index contributed by atoms with van der Waals surface area (Å²) in [5.74, 6) is 1.10. The second-order valence-corrected chi connectivity index (χ2v) is 6.80. The molecule has 1 amide bonds. The van der Waals surface area contributed by atoms with Crippen molar-refractivity contribution in [2.45, 2.75) is 33.4 Å². The second-order valence-electron chi connectivity index (χ2n) is 6.80. The topological polar surface area (TPSA) is 90.8 Å². The van der Waals surface area contributed by atoms with Gasteiger partial charge < -0.3 is 14.5 Å². The van der Waals surface area contributed by atoms with Crippen LogP contribution >= 0.6 is 0 Å². The summed E-state index contributed by atoms with van der Waals surface area (Å²) in [5.41, 5.74) is 2.41. The number of nitrogens with zero attached hydrogens (tertiary/aromatic N) is 3. The van der Waals surface area contributed by atoms with Crippen LogP contribution < -0.4 is 15.6 Å². The molecule has 1 aromatic carbocycles. The maximum absolute atomic E-state index is 12.9. The molecular formula is C21H22N4O4. The maximum atomic E-state index is 12.9. The highest BCUT2D eigenvalue weighted by atomic mass is 16.5. The third-order valence-corrected chi connectivity index (χ3v) is 4.87. The van der Waals surface area contributed by atoms with Gasteiger partial charge in [0.2, 0.25) is 5.91 Å². The van der Waals surface area contributed by atoms with Crippen LogP contribution in [0.5, 0.6) is 5.75 Å². The molecule has 0 aliphatic heterocycles. The van der Waals surface area contributed by atoms with Crippen molar-refractivity contribution in [3.05, 3.63) is 64.4 Å². The Hall–Kier alpha value is -3.55. The Morgan fingerprint density at radius 2 is 2.00 bits per heavy atom. The Kier molecular flexibility index (Phi) is 4.84. The Balaban J connectivity index is 1.54. The number of amides is 1. The number of rotatable bonds is 6. The van der Waals surface area contributed by atoms with Gasteiger partial charge in [0.1, 0.15) is 23.1 Å². The van der Waals surface area contributed by atoms with Crippen molar-refractivity contribution in [3.63, 3.8) is 0 Å². The Morgan fingerprint density at radius 1 is 1.24 bits per heavy atom. The normalized spacial score (nSPS) is 12.4. The number of aryl methyl sites for hydroxylation is 1. The van der Waals surface area contributed by atoms with Gasteiger partial charge in [-0.1, -0.05) is 12.1 Å². The third-order valence-electron chi connectivity index (χ3n) is 4.87. The van der Waals surface area contributed by atoms with Crippen LogP contribution in [0.15, 0.2) is 51.9 Å². The summed E-state index contributed by atoms with van der Waals surface area (Å²) in [6.07, 6.45) is 1.57. The first kappa shape index (κ1) is 18.8. The van der Waals surface area contributed by atoms with E-state index in [-0.39, 0.29) is 11.5 Å². The quantitative estimate of drug-likeness (QED) is 0.543. The van der Waals surface area contributed by atoms with Crippen LogP contribution in [0.4, 0.5) is 0 Å². The predicted octanol–water partition coefficient (Wildman–Crippen LogP) is 2.83. The molecule has 1 N–H and O–H groups in total. The summed E-state index contributed by atoms with van der Waals surface area (Å²) >= 11 is 0. The lowest BCUT2D eigenvalue weighted by Crippen LogP contribution is -2.38. The fraction of sp³-hybridized carbons (Fsp3) is 0.286. The molecule has 29 heavy (non-hydrogen) atoms. The fourth-order valence-electron chi connectivity index (χ4n) is 3.38. The summed E-state index contributed by atoms with van der Waals surface area (Å²) in [5, 5.41) is 7.22. The zero-order valence-corrected chi connectivity index (χ0v) is 16.5. The number of carbonyl (C=O) groups excluding carboxylic acids is 1. The number of aromatic nitrogens is 3. The maximum Gasteiger partial charge on any atom is 0.291 e. The monoisotopic (exact) mass is 394 g/mol. The number of nitrogens with one attached hydrogen (secondary N) is 1. The molecule has 4 rings (SSSR count). The van der Waals surface area contributed by atoms with E-state index in [0.29, 0.717) is 30.1 Å². The van der Waals surface area contributed by atoms with Gasteiger partial charge >= 0.3 is 0 Å². The fourth-order valence-corrected chi connectivity index (χ4v) is 3.38. The van der Waals surface area contributed by atoms with Crippen LogP contribution in [0, 0.1) is 6.92 Å². The molecule has 8 nitrogen and oxygen atoms in total. The smallest absolute Gasteiger partial charge is 0.291 e. The molecule has 0 fully saturated rings. The number of hydrogen-bond acceptors (Lipinski definition) is 5. The first-order chi connectivity index (χ1) is 14.0. The molecule has 0 saturated heterocycles. The number of hydrogen-bond donors (Lipinski definition) is 1. The molecular weight excluding hydrogens is 372 g/mol. The number of benzene rings is 1. The number of ether oxygens (including phenoxy) is 1. The lowest BCUT2D eigenvalue weighted by Gasteiger charge is -2.15. The van der Waals surface area contributed by atoms with E-state index in [1.54, 1.807) is 36.6 Å². The molecule has 150 valence electrons. The van der Waals surface area contributed by atoms with Crippen molar-refractivity contribution in [2.24, 2.45) is 0 Å². The molecule has 8 heteroatoms. The van der Waals surface area contributed by atoms with Gasteiger partial charge in [-0.05, 0) is 38.5 Å². The van der Waals surface area contributed by atoms with Gasteiger partial charge in [0.15, 0.2) is 5.58 Å². The Morgan fingerprint density at radius 3 is 2.72 bits per heavy atom. The molecule has 0 radical (unpaired) electrons. The van der Waals surface area contributed by atoms with E-state index >= 15 is 0 Å². The zero-order valence-electron chi connectivity index (χ0n) is 16.5. The van der Waals surface area contributed by atoms with Crippen molar-refractivity contribution >= 4 is 22.5 Å². The average Bonchev–Trinajstić information content (AvgIpc) is 3.31. The molecule has 0 aliphatic carbocycles. The van der Waals surface area contributed by atoms with Crippen LogP contribution in [0.25, 0.3) is 16.6 Å². The summed E-state index contributed by atoms with van der Waals surface area (Å²) in [4.78, 5) is 25.6. The van der Waals surface area contributed by atoms with E-state index in [9.17, 15) is 9.59 Å². The third kappa shape index (κ3) is 3.37. The van der Waals surface area contributed by atoms with Gasteiger partial charge in [0, 0.05) is 18.7 Å². The van der Waals surface area contributed by atoms with Gasteiger partial charge in [-0.3, -0.25) is 14.0 Å². The minimum Gasteiger partial charge on any atom is -0.494 e. The highest BCUT2D eigenvalue weighted by molar-refractivity contribution is 5.83. The number of fused-ring (bicyclic) bond motifs is 3. The van der Waals surface area contributed by atoms with Crippen LogP contribution in [0.1, 0.15) is 31.3 Å². The first-order valence-corrected chi connectivity index (χ1v) is 9.47. The largest absolute Gasteiger partial charge is 0.494 e. The minimum absolute atomic E-state index is 0.285. The van der Waals surface area contributed by atoms with Crippen molar-refractivity contribution in [2.75, 3.05) is 6.61 Å². The summed E-state index contributed by atoms with van der Waals surface area (Å²) < 4.78 is 13.8. The van der Waals surface area contributed by atoms with Crippen LogP contribution in [-0.4, -0.2) is 26.7 Å². The molecule has 0 aliphatic rings. The van der Waals surface area contributed by atoms with E-state index in [0.717, 1.165) is 16.8 Å². The average molecular weight is 394 g/mol. The molecule has 1 unspecified atom stereocenters. The first-order valence-electron chi connectivity index (χ1n) is 9.47. The SMILES string of the molecule is CCOc1ccc(CNC(=O)C(C)n2nc(C)n3c(cc4occc43)c2=O)cc1. The van der Waals surface area contributed by atoms with E-state index in [1.807, 2.05) is 31.2 Å². The van der Waals surface area contributed by atoms with Crippen molar-refractivity contribution in [1.29, 1.82) is 0 Å². The van der Waals surface area contributed by atoms with E-state index < -0.39 is 6.04 Å². The van der Waals surface area contributed by atoms with Crippen LogP contribution in [0.3, 0.4) is 0 Å². The second kappa shape index (κ2) is 7.46. The molecule has 0 spiro atoms. The lowest BCUT2D eigenvalue weighted by atomic mass is 10.2. The summed E-state index contributed by atoms with van der Waals surface area (Å²) in [7, 11) is 0. The van der Waals surface area contributed by atoms with E-state index in [1.165, 1.54) is 4.68 Å². The van der Waals surface area contributed by atoms with Crippen molar-refractivity contribution < 1.29 is 13.9 Å². The Labute approximate surface area is 166 Å². The minimum atomic E-state index is -0.755. The summed E-state index contributed by atoms with van der Waals surface area (Å²) in [6.45, 7) is 6.33. The van der Waals surface area contributed by atoms with Crippen molar-refractivity contribution in [3.8, 4) is 5.75 Å². The standard InChI is InChI=1S/C21H22N4O4/c1-4-28-16-7-5-15(6-8-16)12-22-20(26)13(2)25-21(27)18-11-19-17(9-10-29-19)24(18)14(3)23-25/h5-11,13H,4,12H2,1-3H3,(H,22,26). The molecule has 0 saturated carbocycles. The summed E-state index contributed by atoms with van der Waals surface area (Å²) in [6, 6.07) is 10.2. The molecule has 1 atom stereocenters. The number of carbonyl (C=O) groups is 1. The number of furan rings is 1. The van der Waals surface area contributed by atoms with Crippen molar-refractivity contribution in [1.82, 2.24) is 19.5 Å². The molecule has 0 bridgehead atoms. The Bertz CT molecular complexity index is 1230. The van der Waals surface area contributed by atoms with Gasteiger partial charge in [-0.15, -0.1) is 0 Å².